The molecule has 0 radical (unpaired) electrons. The standard InChI is InChI=1S/C14H20N2O5S/c1-4-9(2)16-22(19,20)12-7-5-11(6-8-12)14(18)21-10(3)13(15)17/h5-10,16H,4H2,1-3H3,(H2,15,17)/t9-,10+/m1/s1. The van der Waals surface area contributed by atoms with E-state index in [4.69, 9.17) is 10.5 Å². The van der Waals surface area contributed by atoms with Gasteiger partial charge >= 0.3 is 5.97 Å². The number of ether oxygens (including phenoxy) is 1. The highest BCUT2D eigenvalue weighted by atomic mass is 32.2. The molecule has 122 valence electrons. The monoisotopic (exact) mass is 328 g/mol. The van der Waals surface area contributed by atoms with E-state index in [1.165, 1.54) is 31.2 Å². The number of sulfonamides is 1. The highest BCUT2D eigenvalue weighted by Crippen LogP contribution is 2.13. The normalized spacial score (nSPS) is 14.1. The highest BCUT2D eigenvalue weighted by molar-refractivity contribution is 7.89. The first-order valence-electron chi connectivity index (χ1n) is 6.80. The van der Waals surface area contributed by atoms with Crippen molar-refractivity contribution < 1.29 is 22.7 Å². The van der Waals surface area contributed by atoms with Crippen molar-refractivity contribution in [1.82, 2.24) is 4.72 Å². The second-order valence-corrected chi connectivity index (χ2v) is 6.62. The van der Waals surface area contributed by atoms with E-state index < -0.39 is 28.0 Å². The van der Waals surface area contributed by atoms with E-state index in [1.807, 2.05) is 6.92 Å². The molecule has 0 aliphatic heterocycles. The summed E-state index contributed by atoms with van der Waals surface area (Å²) in [7, 11) is -3.63. The molecule has 0 fully saturated rings. The van der Waals surface area contributed by atoms with Crippen LogP contribution in [0.25, 0.3) is 0 Å². The van der Waals surface area contributed by atoms with Crippen molar-refractivity contribution >= 4 is 21.9 Å². The van der Waals surface area contributed by atoms with Crippen LogP contribution < -0.4 is 10.5 Å². The van der Waals surface area contributed by atoms with Gasteiger partial charge in [0.1, 0.15) is 0 Å². The number of carbonyl (C=O) groups is 2. The van der Waals surface area contributed by atoms with Crippen LogP contribution in [0.5, 0.6) is 0 Å². The van der Waals surface area contributed by atoms with E-state index in [9.17, 15) is 18.0 Å². The molecule has 0 unspecified atom stereocenters. The molecule has 1 aromatic carbocycles. The molecular formula is C14H20N2O5S. The maximum Gasteiger partial charge on any atom is 0.338 e. The van der Waals surface area contributed by atoms with Crippen LogP contribution in [0.15, 0.2) is 29.2 Å². The molecule has 0 aliphatic carbocycles. The molecule has 0 saturated carbocycles. The second-order valence-electron chi connectivity index (χ2n) is 4.90. The van der Waals surface area contributed by atoms with Gasteiger partial charge in [-0.05, 0) is 44.5 Å². The number of benzene rings is 1. The lowest BCUT2D eigenvalue weighted by Crippen LogP contribution is -2.32. The molecule has 1 rings (SSSR count). The van der Waals surface area contributed by atoms with E-state index in [2.05, 4.69) is 4.72 Å². The average molecular weight is 328 g/mol. The van der Waals surface area contributed by atoms with Crippen molar-refractivity contribution in [2.75, 3.05) is 0 Å². The summed E-state index contributed by atoms with van der Waals surface area (Å²) in [4.78, 5) is 22.6. The number of amides is 1. The average Bonchev–Trinajstić information content (AvgIpc) is 2.46. The zero-order valence-electron chi connectivity index (χ0n) is 12.7. The van der Waals surface area contributed by atoms with E-state index in [0.29, 0.717) is 6.42 Å². The van der Waals surface area contributed by atoms with Crippen LogP contribution in [-0.4, -0.2) is 32.4 Å². The molecule has 1 amide bonds. The van der Waals surface area contributed by atoms with Gasteiger partial charge in [0.15, 0.2) is 6.10 Å². The number of hydrogen-bond acceptors (Lipinski definition) is 5. The Morgan fingerprint density at radius 1 is 1.23 bits per heavy atom. The van der Waals surface area contributed by atoms with Gasteiger partial charge in [0.25, 0.3) is 5.91 Å². The maximum atomic E-state index is 12.1. The maximum absolute atomic E-state index is 12.1. The fraction of sp³-hybridized carbons (Fsp3) is 0.429. The third kappa shape index (κ3) is 4.81. The van der Waals surface area contributed by atoms with E-state index in [1.54, 1.807) is 6.92 Å². The molecule has 0 aliphatic rings. The minimum absolute atomic E-state index is 0.0484. The minimum atomic E-state index is -3.63. The third-order valence-corrected chi connectivity index (χ3v) is 4.66. The summed E-state index contributed by atoms with van der Waals surface area (Å²) in [6, 6.07) is 5.06. The molecule has 22 heavy (non-hydrogen) atoms. The Hall–Kier alpha value is -1.93. The Morgan fingerprint density at radius 3 is 2.23 bits per heavy atom. The smallest absolute Gasteiger partial charge is 0.338 e. The quantitative estimate of drug-likeness (QED) is 0.718. The number of hydrogen-bond donors (Lipinski definition) is 2. The van der Waals surface area contributed by atoms with Crippen LogP contribution in [0.2, 0.25) is 0 Å². The van der Waals surface area contributed by atoms with Crippen molar-refractivity contribution in [2.45, 2.75) is 44.2 Å². The SMILES string of the molecule is CC[C@@H](C)NS(=O)(=O)c1ccc(C(=O)O[C@@H](C)C(N)=O)cc1. The van der Waals surface area contributed by atoms with E-state index >= 15 is 0 Å². The molecule has 1 aromatic rings. The summed E-state index contributed by atoms with van der Waals surface area (Å²) in [6.45, 7) is 4.98. The van der Waals surface area contributed by atoms with Gasteiger partial charge in [-0.1, -0.05) is 6.92 Å². The molecule has 7 nitrogen and oxygen atoms in total. The fourth-order valence-corrected chi connectivity index (χ4v) is 2.80. The third-order valence-electron chi connectivity index (χ3n) is 3.05. The van der Waals surface area contributed by atoms with Crippen LogP contribution in [0.4, 0.5) is 0 Å². The van der Waals surface area contributed by atoms with Crippen LogP contribution in [0.1, 0.15) is 37.6 Å². The van der Waals surface area contributed by atoms with Crippen molar-refractivity contribution in [3.05, 3.63) is 29.8 Å². The molecule has 0 aromatic heterocycles. The summed E-state index contributed by atoms with van der Waals surface area (Å²) < 4.78 is 31.5. The van der Waals surface area contributed by atoms with Gasteiger partial charge in [0.2, 0.25) is 10.0 Å². The van der Waals surface area contributed by atoms with Crippen molar-refractivity contribution in [3.63, 3.8) is 0 Å². The summed E-state index contributed by atoms with van der Waals surface area (Å²) in [5, 5.41) is 0. The van der Waals surface area contributed by atoms with Crippen molar-refractivity contribution in [2.24, 2.45) is 5.73 Å². The van der Waals surface area contributed by atoms with Gasteiger partial charge in [0.05, 0.1) is 10.5 Å². The van der Waals surface area contributed by atoms with Crippen molar-refractivity contribution in [1.29, 1.82) is 0 Å². The number of nitrogens with two attached hydrogens (primary N) is 1. The minimum Gasteiger partial charge on any atom is -0.449 e. The lowest BCUT2D eigenvalue weighted by atomic mass is 10.2. The second kappa shape index (κ2) is 7.37. The molecule has 0 saturated heterocycles. The first-order valence-corrected chi connectivity index (χ1v) is 8.28. The Morgan fingerprint density at radius 2 is 1.77 bits per heavy atom. The van der Waals surface area contributed by atoms with Gasteiger partial charge < -0.3 is 10.5 Å². The van der Waals surface area contributed by atoms with Gasteiger partial charge in [-0.15, -0.1) is 0 Å². The number of carbonyl (C=O) groups excluding carboxylic acids is 2. The van der Waals surface area contributed by atoms with Crippen LogP contribution in [0, 0.1) is 0 Å². The molecule has 0 heterocycles. The summed E-state index contributed by atoms with van der Waals surface area (Å²) in [5.41, 5.74) is 5.13. The number of primary amides is 1. The van der Waals surface area contributed by atoms with Crippen LogP contribution >= 0.6 is 0 Å². The molecule has 3 N–H and O–H groups in total. The summed E-state index contributed by atoms with van der Waals surface area (Å²) in [5.74, 6) is -1.50. The first-order chi connectivity index (χ1) is 10.2. The van der Waals surface area contributed by atoms with Gasteiger partial charge in [-0.25, -0.2) is 17.9 Å². The lowest BCUT2D eigenvalue weighted by molar-refractivity contribution is -0.125. The molecule has 0 spiro atoms. The van der Waals surface area contributed by atoms with E-state index in [-0.39, 0.29) is 16.5 Å². The highest BCUT2D eigenvalue weighted by Gasteiger charge is 2.19. The Bertz CT molecular complexity index is 640. The lowest BCUT2D eigenvalue weighted by Gasteiger charge is -2.13. The number of esters is 1. The zero-order valence-corrected chi connectivity index (χ0v) is 13.5. The van der Waals surface area contributed by atoms with E-state index in [0.717, 1.165) is 0 Å². The summed E-state index contributed by atoms with van der Waals surface area (Å²) >= 11 is 0. The van der Waals surface area contributed by atoms with Gasteiger partial charge in [0, 0.05) is 6.04 Å². The largest absolute Gasteiger partial charge is 0.449 e. The molecular weight excluding hydrogens is 308 g/mol. The fourth-order valence-electron chi connectivity index (χ4n) is 1.47. The first kappa shape index (κ1) is 18.1. The van der Waals surface area contributed by atoms with Crippen LogP contribution in [-0.2, 0) is 19.6 Å². The predicted molar refractivity (Wildman–Crippen MR) is 80.6 cm³/mol. The topological polar surface area (TPSA) is 116 Å². The van der Waals surface area contributed by atoms with Crippen LogP contribution in [0.3, 0.4) is 0 Å². The Balaban J connectivity index is 2.86. The Kier molecular flexibility index (Phi) is 6.07. The van der Waals surface area contributed by atoms with Crippen molar-refractivity contribution in [3.8, 4) is 0 Å². The molecule has 2 atom stereocenters. The Labute approximate surface area is 129 Å². The molecule has 8 heteroatoms. The number of nitrogens with one attached hydrogen (secondary N) is 1. The summed E-state index contributed by atoms with van der Waals surface area (Å²) in [6.07, 6.45) is -0.391. The van der Waals surface area contributed by atoms with Gasteiger partial charge in [-0.2, -0.15) is 0 Å². The molecule has 0 bridgehead atoms. The number of rotatable bonds is 7. The van der Waals surface area contributed by atoms with Gasteiger partial charge in [-0.3, -0.25) is 4.79 Å². The zero-order chi connectivity index (χ0) is 16.9. The predicted octanol–water partition coefficient (Wildman–Crippen LogP) is 0.794.